The summed E-state index contributed by atoms with van der Waals surface area (Å²) < 4.78 is 0. The average molecular weight is 386 g/mol. The number of carbonyl (C=O) groups excluding carboxylic acids is 1. The van der Waals surface area contributed by atoms with Crippen LogP contribution in [-0.2, 0) is 30.8 Å². The van der Waals surface area contributed by atoms with E-state index >= 15 is 0 Å². The third-order valence-electron chi connectivity index (χ3n) is 5.59. The van der Waals surface area contributed by atoms with Crippen LogP contribution in [0.15, 0.2) is 78.9 Å². The minimum atomic E-state index is -0.201. The first-order chi connectivity index (χ1) is 14.1. The lowest BCUT2D eigenvalue weighted by molar-refractivity contribution is -0.137. The standard InChI is InChI=1S/C25H26N2O2/c1-26(16-19-7-3-2-4-8-19)25(29)24-15-21-9-5-6-10-22(21)18-27(24)17-20-11-13-23(28)14-12-20/h2-14,24,28H,15-18H2,1H3. The van der Waals surface area contributed by atoms with Gasteiger partial charge >= 0.3 is 0 Å². The predicted molar refractivity (Wildman–Crippen MR) is 114 cm³/mol. The van der Waals surface area contributed by atoms with Gasteiger partial charge in [0.25, 0.3) is 0 Å². The zero-order valence-corrected chi connectivity index (χ0v) is 16.7. The summed E-state index contributed by atoms with van der Waals surface area (Å²) in [5.41, 5.74) is 4.75. The first-order valence-corrected chi connectivity index (χ1v) is 9.98. The van der Waals surface area contributed by atoms with Crippen molar-refractivity contribution in [1.82, 2.24) is 9.80 Å². The second-order valence-electron chi connectivity index (χ2n) is 7.74. The van der Waals surface area contributed by atoms with E-state index in [4.69, 9.17) is 0 Å². The highest BCUT2D eigenvalue weighted by molar-refractivity contribution is 5.82. The molecule has 1 aliphatic heterocycles. The molecule has 0 saturated carbocycles. The minimum absolute atomic E-state index is 0.141. The van der Waals surface area contributed by atoms with E-state index in [9.17, 15) is 9.90 Å². The van der Waals surface area contributed by atoms with Gasteiger partial charge in [-0.25, -0.2) is 0 Å². The van der Waals surface area contributed by atoms with Crippen LogP contribution in [0.3, 0.4) is 0 Å². The number of phenolic OH excluding ortho intramolecular Hbond substituents is 1. The van der Waals surface area contributed by atoms with E-state index in [2.05, 4.69) is 23.1 Å². The molecule has 1 atom stereocenters. The summed E-state index contributed by atoms with van der Waals surface area (Å²) in [5.74, 6) is 0.398. The van der Waals surface area contributed by atoms with Crippen LogP contribution in [0.4, 0.5) is 0 Å². The predicted octanol–water partition coefficient (Wildman–Crippen LogP) is 3.98. The van der Waals surface area contributed by atoms with Crippen molar-refractivity contribution >= 4 is 5.91 Å². The average Bonchev–Trinajstić information content (AvgIpc) is 2.75. The molecule has 0 fully saturated rings. The second-order valence-corrected chi connectivity index (χ2v) is 7.74. The summed E-state index contributed by atoms with van der Waals surface area (Å²) >= 11 is 0. The Morgan fingerprint density at radius 2 is 1.59 bits per heavy atom. The van der Waals surface area contributed by atoms with Crippen LogP contribution < -0.4 is 0 Å². The Bertz CT molecular complexity index is 970. The van der Waals surface area contributed by atoms with Crippen LogP contribution in [0.1, 0.15) is 22.3 Å². The fourth-order valence-corrected chi connectivity index (χ4v) is 4.01. The van der Waals surface area contributed by atoms with Crippen molar-refractivity contribution in [2.24, 2.45) is 0 Å². The molecule has 0 spiro atoms. The smallest absolute Gasteiger partial charge is 0.240 e. The van der Waals surface area contributed by atoms with Gasteiger partial charge in [0.05, 0.1) is 6.04 Å². The van der Waals surface area contributed by atoms with Gasteiger partial charge in [-0.2, -0.15) is 0 Å². The van der Waals surface area contributed by atoms with Gasteiger partial charge in [0.15, 0.2) is 0 Å². The van der Waals surface area contributed by atoms with Gasteiger partial charge in [-0.1, -0.05) is 66.7 Å². The highest BCUT2D eigenvalue weighted by Gasteiger charge is 2.33. The normalized spacial score (nSPS) is 16.2. The van der Waals surface area contributed by atoms with Crippen molar-refractivity contribution in [3.05, 3.63) is 101 Å². The van der Waals surface area contributed by atoms with Gasteiger partial charge in [-0.05, 0) is 40.8 Å². The molecule has 1 amide bonds. The number of rotatable bonds is 5. The summed E-state index contributed by atoms with van der Waals surface area (Å²) in [6.07, 6.45) is 0.715. The number of benzene rings is 3. The number of nitrogens with zero attached hydrogens (tertiary/aromatic N) is 2. The Balaban J connectivity index is 1.56. The Kier molecular flexibility index (Phi) is 5.63. The second kappa shape index (κ2) is 8.50. The highest BCUT2D eigenvalue weighted by Crippen LogP contribution is 2.26. The van der Waals surface area contributed by atoms with Gasteiger partial charge < -0.3 is 10.0 Å². The van der Waals surface area contributed by atoms with E-state index in [0.717, 1.165) is 17.7 Å². The molecule has 0 bridgehead atoms. The number of hydrogen-bond acceptors (Lipinski definition) is 3. The summed E-state index contributed by atoms with van der Waals surface area (Å²) in [6, 6.07) is 25.5. The molecule has 3 aromatic rings. The fourth-order valence-electron chi connectivity index (χ4n) is 4.01. The van der Waals surface area contributed by atoms with Gasteiger partial charge in [0.2, 0.25) is 5.91 Å². The lowest BCUT2D eigenvalue weighted by atomic mass is 9.92. The number of aromatic hydroxyl groups is 1. The van der Waals surface area contributed by atoms with Crippen LogP contribution in [-0.4, -0.2) is 33.9 Å². The summed E-state index contributed by atoms with van der Waals surface area (Å²) in [5, 5.41) is 9.57. The number of amides is 1. The molecule has 1 N–H and O–H groups in total. The number of phenols is 1. The van der Waals surface area contributed by atoms with Crippen LogP contribution in [0.25, 0.3) is 0 Å². The summed E-state index contributed by atoms with van der Waals surface area (Å²) in [4.78, 5) is 17.5. The molecule has 148 valence electrons. The van der Waals surface area contributed by atoms with Crippen molar-refractivity contribution in [2.75, 3.05) is 7.05 Å². The maximum absolute atomic E-state index is 13.4. The molecule has 1 unspecified atom stereocenters. The first kappa shape index (κ1) is 19.2. The van der Waals surface area contributed by atoms with E-state index in [1.807, 2.05) is 60.5 Å². The summed E-state index contributed by atoms with van der Waals surface area (Å²) in [7, 11) is 1.88. The van der Waals surface area contributed by atoms with Crippen LogP contribution >= 0.6 is 0 Å². The quantitative estimate of drug-likeness (QED) is 0.721. The molecule has 29 heavy (non-hydrogen) atoms. The molecule has 1 heterocycles. The molecular formula is C25H26N2O2. The van der Waals surface area contributed by atoms with E-state index in [-0.39, 0.29) is 17.7 Å². The zero-order chi connectivity index (χ0) is 20.2. The topological polar surface area (TPSA) is 43.8 Å². The van der Waals surface area contributed by atoms with Crippen molar-refractivity contribution in [2.45, 2.75) is 32.1 Å². The maximum Gasteiger partial charge on any atom is 0.240 e. The molecule has 0 aliphatic carbocycles. The van der Waals surface area contributed by atoms with Crippen LogP contribution in [0.5, 0.6) is 5.75 Å². The highest BCUT2D eigenvalue weighted by atomic mass is 16.3. The Hall–Kier alpha value is -3.11. The zero-order valence-electron chi connectivity index (χ0n) is 16.7. The Labute approximate surface area is 172 Å². The fraction of sp³-hybridized carbons (Fsp3) is 0.240. The minimum Gasteiger partial charge on any atom is -0.508 e. The Morgan fingerprint density at radius 3 is 2.31 bits per heavy atom. The largest absolute Gasteiger partial charge is 0.508 e. The van der Waals surface area contributed by atoms with Crippen LogP contribution in [0.2, 0.25) is 0 Å². The molecule has 0 radical (unpaired) electrons. The lowest BCUT2D eigenvalue weighted by Crippen LogP contribution is -2.50. The molecule has 0 aromatic heterocycles. The van der Waals surface area contributed by atoms with Crippen molar-refractivity contribution in [3.63, 3.8) is 0 Å². The third-order valence-corrected chi connectivity index (χ3v) is 5.59. The molecule has 4 rings (SSSR count). The summed E-state index contributed by atoms with van der Waals surface area (Å²) in [6.45, 7) is 2.02. The molecule has 1 aliphatic rings. The molecule has 4 nitrogen and oxygen atoms in total. The van der Waals surface area contributed by atoms with E-state index in [1.54, 1.807) is 12.1 Å². The van der Waals surface area contributed by atoms with E-state index < -0.39 is 0 Å². The Morgan fingerprint density at radius 1 is 0.931 bits per heavy atom. The first-order valence-electron chi connectivity index (χ1n) is 9.98. The van der Waals surface area contributed by atoms with Crippen molar-refractivity contribution in [3.8, 4) is 5.75 Å². The van der Waals surface area contributed by atoms with Gasteiger partial charge in [-0.15, -0.1) is 0 Å². The van der Waals surface area contributed by atoms with Crippen molar-refractivity contribution in [1.29, 1.82) is 0 Å². The molecule has 0 saturated heterocycles. The molecule has 3 aromatic carbocycles. The third kappa shape index (κ3) is 4.49. The number of likely N-dealkylation sites (N-methyl/N-ethyl adjacent to an activating group) is 1. The number of hydrogen-bond donors (Lipinski definition) is 1. The number of fused-ring (bicyclic) bond motifs is 1. The van der Waals surface area contributed by atoms with Gasteiger partial charge in [-0.3, -0.25) is 9.69 Å². The van der Waals surface area contributed by atoms with E-state index in [0.29, 0.717) is 19.5 Å². The molecular weight excluding hydrogens is 360 g/mol. The number of carbonyl (C=O) groups is 1. The monoisotopic (exact) mass is 386 g/mol. The van der Waals surface area contributed by atoms with Gasteiger partial charge in [0.1, 0.15) is 5.75 Å². The maximum atomic E-state index is 13.4. The van der Waals surface area contributed by atoms with Crippen molar-refractivity contribution < 1.29 is 9.90 Å². The SMILES string of the molecule is CN(Cc1ccccc1)C(=O)C1Cc2ccccc2CN1Cc1ccc(O)cc1. The van der Waals surface area contributed by atoms with E-state index in [1.165, 1.54) is 11.1 Å². The lowest BCUT2D eigenvalue weighted by Gasteiger charge is -2.38. The molecule has 4 heteroatoms. The van der Waals surface area contributed by atoms with Gasteiger partial charge in [0, 0.05) is 26.7 Å². The van der Waals surface area contributed by atoms with Crippen LogP contribution in [0, 0.1) is 0 Å².